The largest absolute Gasteiger partial charge is 0.493 e. The molecule has 2 aromatic carbocycles. The highest BCUT2D eigenvalue weighted by Gasteiger charge is 2.37. The lowest BCUT2D eigenvalue weighted by atomic mass is 9.95. The third-order valence-corrected chi connectivity index (χ3v) is 5.44. The zero-order valence-electron chi connectivity index (χ0n) is 17.9. The molecule has 0 amide bonds. The first-order valence-electron chi connectivity index (χ1n) is 10.0. The number of rotatable bonds is 9. The van der Waals surface area contributed by atoms with Crippen LogP contribution in [0.4, 0.5) is 0 Å². The third-order valence-electron chi connectivity index (χ3n) is 5.44. The van der Waals surface area contributed by atoms with E-state index in [1.54, 1.807) is 21.3 Å². The fourth-order valence-electron chi connectivity index (χ4n) is 4.09. The van der Waals surface area contributed by atoms with E-state index >= 15 is 0 Å². The lowest BCUT2D eigenvalue weighted by Gasteiger charge is -2.32. The Morgan fingerprint density at radius 2 is 1.57 bits per heavy atom. The molecular formula is C23H29NO6. The van der Waals surface area contributed by atoms with Gasteiger partial charge in [-0.1, -0.05) is 12.1 Å². The fourth-order valence-corrected chi connectivity index (χ4v) is 4.09. The molecule has 0 bridgehead atoms. The minimum Gasteiger partial charge on any atom is -0.493 e. The van der Waals surface area contributed by atoms with Gasteiger partial charge in [0.05, 0.1) is 34.0 Å². The van der Waals surface area contributed by atoms with Crippen LogP contribution < -0.4 is 18.9 Å². The zero-order valence-corrected chi connectivity index (χ0v) is 17.9. The van der Waals surface area contributed by atoms with E-state index in [4.69, 9.17) is 18.9 Å². The normalized spacial score (nSPS) is 17.4. The SMILES string of the molecule is CCOc1ccc(C(c2ccc(OC)c(OC)c2)N2CCCC2C(=O)O)cc1OC. The number of methoxy groups -OCH3 is 3. The molecule has 0 saturated carbocycles. The summed E-state index contributed by atoms with van der Waals surface area (Å²) in [7, 11) is 4.78. The van der Waals surface area contributed by atoms with Crippen LogP contribution in [0, 0.1) is 0 Å². The number of benzene rings is 2. The van der Waals surface area contributed by atoms with Crippen molar-refractivity contribution in [2.75, 3.05) is 34.5 Å². The molecule has 7 heteroatoms. The minimum atomic E-state index is -0.809. The second-order valence-corrected chi connectivity index (χ2v) is 7.09. The number of likely N-dealkylation sites (tertiary alicyclic amines) is 1. The maximum atomic E-state index is 11.9. The maximum Gasteiger partial charge on any atom is 0.320 e. The van der Waals surface area contributed by atoms with Gasteiger partial charge in [0.15, 0.2) is 23.0 Å². The number of nitrogens with zero attached hydrogens (tertiary/aromatic N) is 1. The van der Waals surface area contributed by atoms with Crippen molar-refractivity contribution in [2.24, 2.45) is 0 Å². The number of carbonyl (C=O) groups is 1. The smallest absolute Gasteiger partial charge is 0.320 e. The van der Waals surface area contributed by atoms with E-state index in [1.807, 2.05) is 48.2 Å². The zero-order chi connectivity index (χ0) is 21.7. The monoisotopic (exact) mass is 415 g/mol. The Kier molecular flexibility index (Phi) is 7.05. The molecule has 3 rings (SSSR count). The Balaban J connectivity index is 2.12. The third kappa shape index (κ3) is 4.31. The van der Waals surface area contributed by atoms with E-state index in [-0.39, 0.29) is 6.04 Å². The second kappa shape index (κ2) is 9.71. The van der Waals surface area contributed by atoms with E-state index in [2.05, 4.69) is 0 Å². The Morgan fingerprint density at radius 3 is 2.10 bits per heavy atom. The number of ether oxygens (including phenoxy) is 4. The van der Waals surface area contributed by atoms with E-state index in [9.17, 15) is 9.90 Å². The van der Waals surface area contributed by atoms with Crippen LogP contribution in [0.25, 0.3) is 0 Å². The molecule has 162 valence electrons. The Morgan fingerprint density at radius 1 is 1.00 bits per heavy atom. The molecule has 1 aliphatic rings. The average Bonchev–Trinajstić information content (AvgIpc) is 3.24. The topological polar surface area (TPSA) is 77.5 Å². The number of carboxylic acids is 1. The molecular weight excluding hydrogens is 386 g/mol. The van der Waals surface area contributed by atoms with Gasteiger partial charge in [0, 0.05) is 6.54 Å². The van der Waals surface area contributed by atoms with Gasteiger partial charge in [-0.25, -0.2) is 0 Å². The van der Waals surface area contributed by atoms with Crippen LogP contribution in [0.5, 0.6) is 23.0 Å². The van der Waals surface area contributed by atoms with Crippen molar-refractivity contribution >= 4 is 5.97 Å². The molecule has 1 fully saturated rings. The summed E-state index contributed by atoms with van der Waals surface area (Å²) in [6, 6.07) is 10.6. The summed E-state index contributed by atoms with van der Waals surface area (Å²) in [6.45, 7) is 3.13. The standard InChI is InChI=1S/C23H29NO6/c1-5-30-19-11-9-16(14-21(19)29-4)22(24-12-6-7-17(24)23(25)26)15-8-10-18(27-2)20(13-15)28-3/h8-11,13-14,17,22H,5-7,12H2,1-4H3,(H,25,26). The molecule has 1 saturated heterocycles. The van der Waals surface area contributed by atoms with Crippen molar-refractivity contribution in [3.8, 4) is 23.0 Å². The van der Waals surface area contributed by atoms with Crippen LogP contribution in [0.15, 0.2) is 36.4 Å². The molecule has 2 aromatic rings. The second-order valence-electron chi connectivity index (χ2n) is 7.09. The lowest BCUT2D eigenvalue weighted by Crippen LogP contribution is -2.39. The van der Waals surface area contributed by atoms with Gasteiger partial charge in [-0.2, -0.15) is 0 Å². The van der Waals surface area contributed by atoms with Crippen LogP contribution in [-0.4, -0.2) is 56.5 Å². The summed E-state index contributed by atoms with van der Waals surface area (Å²) in [6.07, 6.45) is 1.45. The predicted octanol–water partition coefficient (Wildman–Crippen LogP) is 3.75. The van der Waals surface area contributed by atoms with Crippen LogP contribution in [0.3, 0.4) is 0 Å². The fraction of sp³-hybridized carbons (Fsp3) is 0.435. The lowest BCUT2D eigenvalue weighted by molar-refractivity contribution is -0.142. The molecule has 0 spiro atoms. The van der Waals surface area contributed by atoms with E-state index in [1.165, 1.54) is 0 Å². The highest BCUT2D eigenvalue weighted by Crippen LogP contribution is 2.41. The summed E-state index contributed by atoms with van der Waals surface area (Å²) in [5, 5.41) is 9.79. The van der Waals surface area contributed by atoms with Crippen LogP contribution in [0.2, 0.25) is 0 Å². The molecule has 7 nitrogen and oxygen atoms in total. The summed E-state index contributed by atoms with van der Waals surface area (Å²) < 4.78 is 22.1. The van der Waals surface area contributed by atoms with E-state index in [0.29, 0.717) is 42.6 Å². The van der Waals surface area contributed by atoms with Crippen molar-refractivity contribution in [3.05, 3.63) is 47.5 Å². The quantitative estimate of drug-likeness (QED) is 0.668. The van der Waals surface area contributed by atoms with Crippen molar-refractivity contribution in [1.29, 1.82) is 0 Å². The highest BCUT2D eigenvalue weighted by atomic mass is 16.5. The first-order chi connectivity index (χ1) is 14.5. The van der Waals surface area contributed by atoms with E-state index < -0.39 is 12.0 Å². The summed E-state index contributed by atoms with van der Waals surface area (Å²) in [5.41, 5.74) is 1.85. The van der Waals surface area contributed by atoms with Crippen molar-refractivity contribution < 1.29 is 28.8 Å². The van der Waals surface area contributed by atoms with Gasteiger partial charge < -0.3 is 24.1 Å². The molecule has 1 N–H and O–H groups in total. The first-order valence-corrected chi connectivity index (χ1v) is 10.0. The van der Waals surface area contributed by atoms with Gasteiger partial charge in [0.25, 0.3) is 0 Å². The highest BCUT2D eigenvalue weighted by molar-refractivity contribution is 5.74. The predicted molar refractivity (Wildman–Crippen MR) is 113 cm³/mol. The number of aliphatic carboxylic acids is 1. The summed E-state index contributed by atoms with van der Waals surface area (Å²) in [5.74, 6) is 1.69. The van der Waals surface area contributed by atoms with Gasteiger partial charge >= 0.3 is 5.97 Å². The molecule has 0 aromatic heterocycles. The van der Waals surface area contributed by atoms with Crippen LogP contribution in [-0.2, 0) is 4.79 Å². The molecule has 30 heavy (non-hydrogen) atoms. The van der Waals surface area contributed by atoms with Gasteiger partial charge in [-0.05, 0) is 55.2 Å². The Hall–Kier alpha value is -2.93. The molecule has 2 atom stereocenters. The van der Waals surface area contributed by atoms with Crippen molar-refractivity contribution in [1.82, 2.24) is 4.90 Å². The number of carboxylic acid groups (broad SMARTS) is 1. The van der Waals surface area contributed by atoms with Crippen LogP contribution >= 0.6 is 0 Å². The summed E-state index contributed by atoms with van der Waals surface area (Å²) in [4.78, 5) is 14.0. The van der Waals surface area contributed by atoms with E-state index in [0.717, 1.165) is 17.5 Å². The van der Waals surface area contributed by atoms with Crippen molar-refractivity contribution in [3.63, 3.8) is 0 Å². The average molecular weight is 415 g/mol. The number of hydrogen-bond donors (Lipinski definition) is 1. The maximum absolute atomic E-state index is 11.9. The molecule has 0 aliphatic carbocycles. The molecule has 2 unspecified atom stereocenters. The van der Waals surface area contributed by atoms with Crippen LogP contribution in [0.1, 0.15) is 36.9 Å². The summed E-state index contributed by atoms with van der Waals surface area (Å²) >= 11 is 0. The Labute approximate surface area is 177 Å². The Bertz CT molecular complexity index is 884. The van der Waals surface area contributed by atoms with Gasteiger partial charge in [0.1, 0.15) is 6.04 Å². The van der Waals surface area contributed by atoms with Gasteiger partial charge in [-0.15, -0.1) is 0 Å². The van der Waals surface area contributed by atoms with Gasteiger partial charge in [0.2, 0.25) is 0 Å². The molecule has 1 aliphatic heterocycles. The minimum absolute atomic E-state index is 0.280. The van der Waals surface area contributed by atoms with Crippen molar-refractivity contribution in [2.45, 2.75) is 31.8 Å². The van der Waals surface area contributed by atoms with Gasteiger partial charge in [-0.3, -0.25) is 9.69 Å². The molecule has 1 heterocycles. The number of hydrogen-bond acceptors (Lipinski definition) is 6. The molecule has 0 radical (unpaired) electrons. The first kappa shape index (κ1) is 21.8.